The van der Waals surface area contributed by atoms with Crippen molar-refractivity contribution in [3.05, 3.63) is 77.1 Å². The largest absolute Gasteiger partial charge is 0.481 e. The number of fused-ring (bicyclic) bond motifs is 1. The summed E-state index contributed by atoms with van der Waals surface area (Å²) in [5, 5.41) is 9.05. The smallest absolute Gasteiger partial charge is 0.303 e. The lowest BCUT2D eigenvalue weighted by Crippen LogP contribution is -2.32. The number of benzene rings is 2. The van der Waals surface area contributed by atoms with Crippen LogP contribution in [0, 0.1) is 5.92 Å². The minimum absolute atomic E-state index is 0.139. The van der Waals surface area contributed by atoms with E-state index in [0.717, 1.165) is 37.8 Å². The number of aromatic nitrogens is 2. The van der Waals surface area contributed by atoms with E-state index in [1.807, 2.05) is 30.3 Å². The molecule has 1 amide bonds. The zero-order valence-corrected chi connectivity index (χ0v) is 20.8. The summed E-state index contributed by atoms with van der Waals surface area (Å²) in [5.74, 6) is 0.661. The Morgan fingerprint density at radius 3 is 2.43 bits per heavy atom. The van der Waals surface area contributed by atoms with Gasteiger partial charge in [-0.2, -0.15) is 4.98 Å². The minimum Gasteiger partial charge on any atom is -0.481 e. The third-order valence-corrected chi connectivity index (χ3v) is 7.43. The molecule has 2 heterocycles. The Balaban J connectivity index is 1.28. The lowest BCUT2D eigenvalue weighted by atomic mass is 9.77. The second-order valence-corrected chi connectivity index (χ2v) is 9.90. The van der Waals surface area contributed by atoms with Gasteiger partial charge in [0.1, 0.15) is 23.8 Å². The Hall–Kier alpha value is -3.94. The summed E-state index contributed by atoms with van der Waals surface area (Å²) in [6.45, 7) is 0.691. The maximum Gasteiger partial charge on any atom is 0.303 e. The number of carbonyl (C=O) groups is 2. The highest BCUT2D eigenvalue weighted by Gasteiger charge is 2.30. The number of rotatable bonds is 7. The van der Waals surface area contributed by atoms with Gasteiger partial charge in [-0.1, -0.05) is 42.5 Å². The predicted octanol–water partition coefficient (Wildman–Crippen LogP) is 4.63. The zero-order chi connectivity index (χ0) is 25.8. The topological polar surface area (TPSA) is 119 Å². The molecule has 192 valence electrons. The first kappa shape index (κ1) is 24.7. The molecule has 0 spiro atoms. The fourth-order valence-electron chi connectivity index (χ4n) is 5.41. The summed E-state index contributed by atoms with van der Waals surface area (Å²) >= 11 is 0. The number of carboxylic acid groups (broad SMARTS) is 1. The molecule has 1 fully saturated rings. The molecule has 0 saturated heterocycles. The Morgan fingerprint density at radius 2 is 1.73 bits per heavy atom. The number of nitrogens with two attached hydrogens (primary N) is 1. The number of anilines is 2. The quantitative estimate of drug-likeness (QED) is 0.485. The highest BCUT2D eigenvalue weighted by molar-refractivity contribution is 6.10. The van der Waals surface area contributed by atoms with Crippen molar-refractivity contribution >= 4 is 23.4 Å². The van der Waals surface area contributed by atoms with Gasteiger partial charge in [-0.3, -0.25) is 9.59 Å². The molecule has 1 aromatic heterocycles. The molecule has 1 aliphatic heterocycles. The van der Waals surface area contributed by atoms with Crippen LogP contribution >= 0.6 is 0 Å². The third-order valence-electron chi connectivity index (χ3n) is 7.43. The van der Waals surface area contributed by atoms with E-state index in [4.69, 9.17) is 15.6 Å². The van der Waals surface area contributed by atoms with Gasteiger partial charge >= 0.3 is 5.97 Å². The molecule has 2 aliphatic rings. The van der Waals surface area contributed by atoms with Crippen LogP contribution in [0.5, 0.6) is 5.88 Å². The Kier molecular flexibility index (Phi) is 7.35. The van der Waals surface area contributed by atoms with Gasteiger partial charge < -0.3 is 20.5 Å². The van der Waals surface area contributed by atoms with Crippen molar-refractivity contribution < 1.29 is 19.4 Å². The lowest BCUT2D eigenvalue weighted by Gasteiger charge is -2.28. The van der Waals surface area contributed by atoms with Crippen molar-refractivity contribution in [1.29, 1.82) is 0 Å². The van der Waals surface area contributed by atoms with Crippen LogP contribution in [-0.2, 0) is 17.6 Å². The molecule has 0 bridgehead atoms. The van der Waals surface area contributed by atoms with Crippen molar-refractivity contribution in [1.82, 2.24) is 9.97 Å². The van der Waals surface area contributed by atoms with Crippen molar-refractivity contribution in [2.75, 3.05) is 23.8 Å². The van der Waals surface area contributed by atoms with Crippen LogP contribution in [0.15, 0.2) is 54.6 Å². The monoisotopic (exact) mass is 500 g/mol. The van der Waals surface area contributed by atoms with Crippen molar-refractivity contribution in [3.63, 3.8) is 0 Å². The van der Waals surface area contributed by atoms with Crippen molar-refractivity contribution in [2.45, 2.75) is 50.9 Å². The van der Waals surface area contributed by atoms with Gasteiger partial charge in [-0.25, -0.2) is 4.98 Å². The highest BCUT2D eigenvalue weighted by atomic mass is 16.5. The minimum atomic E-state index is -0.713. The maximum absolute atomic E-state index is 13.5. The number of aliphatic carboxylic acids is 1. The summed E-state index contributed by atoms with van der Waals surface area (Å²) < 4.78 is 5.87. The Morgan fingerprint density at radius 1 is 1.00 bits per heavy atom. The number of carboxylic acids is 1. The summed E-state index contributed by atoms with van der Waals surface area (Å²) in [7, 11) is 0. The molecule has 2 aromatic carbocycles. The third kappa shape index (κ3) is 5.74. The van der Waals surface area contributed by atoms with Gasteiger partial charge in [-0.15, -0.1) is 0 Å². The first-order valence-electron chi connectivity index (χ1n) is 12.9. The number of carbonyl (C=O) groups excluding carboxylic acids is 1. The molecule has 1 saturated carbocycles. The summed E-state index contributed by atoms with van der Waals surface area (Å²) in [6, 6.07) is 18.2. The average Bonchev–Trinajstić information content (AvgIpc) is 3.07. The summed E-state index contributed by atoms with van der Waals surface area (Å²) in [4.78, 5) is 35.1. The second kappa shape index (κ2) is 11.0. The normalized spacial score (nSPS) is 19.6. The standard InChI is InChI=1S/C29H32N4O4/c30-27-26-28(32-24(31-27)15-8-19-4-2-1-3-5-19)37-17-16-33(29(26)36)23-13-11-22(12-14-23)21-9-6-20(7-10-21)18-25(34)35/h1-5,11-14,20-21H,6-10,15-18H2,(H,34,35)(H2,30,31,32)/t20-,21-. The number of amides is 1. The van der Waals surface area contributed by atoms with Crippen LogP contribution in [-0.4, -0.2) is 40.1 Å². The molecule has 0 unspecified atom stereocenters. The van der Waals surface area contributed by atoms with E-state index in [2.05, 4.69) is 34.2 Å². The van der Waals surface area contributed by atoms with Gasteiger partial charge in [0.2, 0.25) is 5.88 Å². The van der Waals surface area contributed by atoms with Crippen LogP contribution in [0.25, 0.3) is 0 Å². The molecule has 8 heteroatoms. The van der Waals surface area contributed by atoms with Crippen LogP contribution in [0.4, 0.5) is 11.5 Å². The van der Waals surface area contributed by atoms with Gasteiger partial charge in [0, 0.05) is 18.5 Å². The van der Waals surface area contributed by atoms with Crippen molar-refractivity contribution in [2.24, 2.45) is 5.92 Å². The molecule has 1 aliphatic carbocycles. The van der Waals surface area contributed by atoms with Crippen LogP contribution in [0.3, 0.4) is 0 Å². The number of ether oxygens (including phenoxy) is 1. The average molecular weight is 501 g/mol. The molecular weight excluding hydrogens is 468 g/mol. The Labute approximate surface area is 216 Å². The van der Waals surface area contributed by atoms with Crippen LogP contribution in [0.2, 0.25) is 0 Å². The summed E-state index contributed by atoms with van der Waals surface area (Å²) in [6.07, 6.45) is 5.47. The molecule has 3 N–H and O–H groups in total. The number of aryl methyl sites for hydroxylation is 2. The number of hydrogen-bond acceptors (Lipinski definition) is 6. The fourth-order valence-corrected chi connectivity index (χ4v) is 5.41. The van der Waals surface area contributed by atoms with Gasteiger partial charge in [0.25, 0.3) is 5.91 Å². The molecule has 0 atom stereocenters. The van der Waals surface area contributed by atoms with E-state index >= 15 is 0 Å². The van der Waals surface area contributed by atoms with E-state index in [1.54, 1.807) is 4.90 Å². The Bertz CT molecular complexity index is 1250. The molecule has 5 rings (SSSR count). The number of nitrogens with zero attached hydrogens (tertiary/aromatic N) is 3. The molecule has 3 aromatic rings. The van der Waals surface area contributed by atoms with E-state index in [1.165, 1.54) is 11.1 Å². The molecule has 8 nitrogen and oxygen atoms in total. The van der Waals surface area contributed by atoms with E-state index < -0.39 is 5.97 Å². The highest BCUT2D eigenvalue weighted by Crippen LogP contribution is 2.38. The molecule has 0 radical (unpaired) electrons. The number of nitrogen functional groups attached to an aromatic ring is 1. The first-order valence-corrected chi connectivity index (χ1v) is 12.9. The van der Waals surface area contributed by atoms with E-state index in [-0.39, 0.29) is 35.5 Å². The van der Waals surface area contributed by atoms with E-state index in [0.29, 0.717) is 31.3 Å². The molecular formula is C29H32N4O4. The predicted molar refractivity (Wildman–Crippen MR) is 141 cm³/mol. The fraction of sp³-hybridized carbons (Fsp3) is 0.379. The first-order chi connectivity index (χ1) is 18.0. The second-order valence-electron chi connectivity index (χ2n) is 9.90. The molecule has 37 heavy (non-hydrogen) atoms. The number of hydrogen-bond donors (Lipinski definition) is 2. The zero-order valence-electron chi connectivity index (χ0n) is 20.8. The van der Waals surface area contributed by atoms with Gasteiger partial charge in [0.05, 0.1) is 6.54 Å². The van der Waals surface area contributed by atoms with Crippen molar-refractivity contribution in [3.8, 4) is 5.88 Å². The maximum atomic E-state index is 13.5. The summed E-state index contributed by atoms with van der Waals surface area (Å²) in [5.41, 5.74) is 9.65. The van der Waals surface area contributed by atoms with Crippen LogP contribution < -0.4 is 15.4 Å². The lowest BCUT2D eigenvalue weighted by molar-refractivity contribution is -0.138. The van der Waals surface area contributed by atoms with Gasteiger partial charge in [0.15, 0.2) is 0 Å². The SMILES string of the molecule is Nc1nc(CCc2ccccc2)nc2c1C(=O)N(c1ccc([C@H]3CC[C@H](CC(=O)O)CC3)cc1)CCO2. The van der Waals surface area contributed by atoms with E-state index in [9.17, 15) is 9.59 Å². The van der Waals surface area contributed by atoms with Gasteiger partial charge in [-0.05, 0) is 67.2 Å². The van der Waals surface area contributed by atoms with Crippen LogP contribution in [0.1, 0.15) is 65.3 Å².